The number of hydrogen-bond acceptors (Lipinski definition) is 2. The van der Waals surface area contributed by atoms with Crippen molar-refractivity contribution in [1.29, 1.82) is 5.26 Å². The quantitative estimate of drug-likeness (QED) is 0.510. The van der Waals surface area contributed by atoms with Crippen LogP contribution in [-0.2, 0) is 0 Å². The Hall–Kier alpha value is 0.180. The predicted octanol–water partition coefficient (Wildman–Crippen LogP) is 1.57. The maximum absolute atomic E-state index is 8.67. The van der Waals surface area contributed by atoms with Gasteiger partial charge in [-0.1, -0.05) is 6.92 Å². The lowest BCUT2D eigenvalue weighted by Crippen LogP contribution is -2.49. The van der Waals surface area contributed by atoms with Crippen LogP contribution in [0.2, 0.25) is 0 Å². The summed E-state index contributed by atoms with van der Waals surface area (Å²) in [6, 6.07) is 2.35. The zero-order chi connectivity index (χ0) is 6.91. The summed E-state index contributed by atoms with van der Waals surface area (Å²) in [6.07, 6.45) is 0.989. The van der Waals surface area contributed by atoms with Crippen molar-refractivity contribution in [1.82, 2.24) is 3.11 Å². The first kappa shape index (κ1) is 7.29. The highest BCUT2D eigenvalue weighted by Gasteiger charge is 2.40. The Balaban J connectivity index is 2.48. The van der Waals surface area contributed by atoms with Crippen LogP contribution in [0.3, 0.4) is 0 Å². The van der Waals surface area contributed by atoms with E-state index in [-0.39, 0.29) is 5.41 Å². The number of nitriles is 1. The summed E-state index contributed by atoms with van der Waals surface area (Å²) >= 11 is 2.25. The SMILES string of the molecule is CCC1(C#N)CN(I)C1. The zero-order valence-electron chi connectivity index (χ0n) is 5.39. The molecule has 0 saturated carbocycles. The average Bonchev–Trinajstić information content (AvgIpc) is 1.81. The fourth-order valence-electron chi connectivity index (χ4n) is 0.984. The fraction of sp³-hybridized carbons (Fsp3) is 0.833. The van der Waals surface area contributed by atoms with E-state index < -0.39 is 0 Å². The highest BCUT2D eigenvalue weighted by atomic mass is 127. The Morgan fingerprint density at radius 3 is 2.44 bits per heavy atom. The Kier molecular flexibility index (Phi) is 1.97. The van der Waals surface area contributed by atoms with Gasteiger partial charge in [-0.2, -0.15) is 5.26 Å². The van der Waals surface area contributed by atoms with E-state index in [9.17, 15) is 0 Å². The molecular formula is C6H9IN2. The maximum Gasteiger partial charge on any atom is 0.0840 e. The van der Waals surface area contributed by atoms with Crippen molar-refractivity contribution >= 4 is 22.9 Å². The molecule has 1 fully saturated rings. The Morgan fingerprint density at radius 1 is 1.78 bits per heavy atom. The summed E-state index contributed by atoms with van der Waals surface area (Å²) in [5.41, 5.74) is 0.00118. The van der Waals surface area contributed by atoms with E-state index in [4.69, 9.17) is 5.26 Å². The molecular weight excluding hydrogens is 227 g/mol. The van der Waals surface area contributed by atoms with Crippen molar-refractivity contribution in [2.75, 3.05) is 13.1 Å². The molecule has 1 rings (SSSR count). The number of nitrogens with zero attached hydrogens (tertiary/aromatic N) is 2. The molecule has 9 heavy (non-hydrogen) atoms. The second-order valence-electron chi connectivity index (χ2n) is 2.52. The second-order valence-corrected chi connectivity index (χ2v) is 3.89. The summed E-state index contributed by atoms with van der Waals surface area (Å²) in [5.74, 6) is 0. The zero-order valence-corrected chi connectivity index (χ0v) is 7.55. The fourth-order valence-corrected chi connectivity index (χ4v) is 2.29. The average molecular weight is 236 g/mol. The summed E-state index contributed by atoms with van der Waals surface area (Å²) < 4.78 is 2.14. The minimum absolute atomic E-state index is 0.00118. The van der Waals surface area contributed by atoms with E-state index in [2.05, 4.69) is 39.0 Å². The second kappa shape index (κ2) is 2.43. The molecule has 0 amide bonds. The van der Waals surface area contributed by atoms with Crippen molar-refractivity contribution in [3.63, 3.8) is 0 Å². The van der Waals surface area contributed by atoms with Gasteiger partial charge in [0.1, 0.15) is 0 Å². The molecule has 2 nitrogen and oxygen atoms in total. The number of rotatable bonds is 1. The monoisotopic (exact) mass is 236 g/mol. The third-order valence-electron chi connectivity index (χ3n) is 1.86. The molecule has 3 heteroatoms. The van der Waals surface area contributed by atoms with Crippen LogP contribution in [0, 0.1) is 16.7 Å². The van der Waals surface area contributed by atoms with Crippen LogP contribution in [0.1, 0.15) is 13.3 Å². The molecule has 0 aromatic rings. The van der Waals surface area contributed by atoms with Gasteiger partial charge in [0, 0.05) is 36.0 Å². The number of halogens is 1. The predicted molar refractivity (Wildman–Crippen MR) is 43.9 cm³/mol. The van der Waals surface area contributed by atoms with Gasteiger partial charge in [-0.05, 0) is 6.42 Å². The molecule has 1 saturated heterocycles. The van der Waals surface area contributed by atoms with E-state index in [1.165, 1.54) is 0 Å². The third kappa shape index (κ3) is 1.19. The van der Waals surface area contributed by atoms with Crippen molar-refractivity contribution in [2.24, 2.45) is 5.41 Å². The third-order valence-corrected chi connectivity index (χ3v) is 2.54. The lowest BCUT2D eigenvalue weighted by atomic mass is 9.81. The molecule has 0 atom stereocenters. The molecule has 0 radical (unpaired) electrons. The minimum Gasteiger partial charge on any atom is -0.244 e. The molecule has 0 unspecified atom stereocenters. The topological polar surface area (TPSA) is 27.0 Å². The Labute approximate surface area is 69.3 Å². The highest BCUT2D eigenvalue weighted by molar-refractivity contribution is 14.1. The smallest absolute Gasteiger partial charge is 0.0840 e. The maximum atomic E-state index is 8.67. The minimum atomic E-state index is 0.00118. The normalized spacial score (nSPS) is 24.6. The summed E-state index contributed by atoms with van der Waals surface area (Å²) in [5, 5.41) is 8.67. The van der Waals surface area contributed by atoms with Gasteiger partial charge >= 0.3 is 0 Å². The summed E-state index contributed by atoms with van der Waals surface area (Å²) in [4.78, 5) is 0. The van der Waals surface area contributed by atoms with Crippen molar-refractivity contribution in [2.45, 2.75) is 13.3 Å². The molecule has 0 aromatic heterocycles. The van der Waals surface area contributed by atoms with Gasteiger partial charge in [-0.25, -0.2) is 3.11 Å². The molecule has 0 bridgehead atoms. The van der Waals surface area contributed by atoms with E-state index in [0.717, 1.165) is 19.5 Å². The van der Waals surface area contributed by atoms with Gasteiger partial charge in [0.05, 0.1) is 11.5 Å². The van der Waals surface area contributed by atoms with Gasteiger partial charge in [0.25, 0.3) is 0 Å². The van der Waals surface area contributed by atoms with Crippen molar-refractivity contribution in [3.8, 4) is 6.07 Å². The number of hydrogen-bond donors (Lipinski definition) is 0. The molecule has 1 heterocycles. The van der Waals surface area contributed by atoms with Gasteiger partial charge in [-0.3, -0.25) is 0 Å². The van der Waals surface area contributed by atoms with Crippen molar-refractivity contribution < 1.29 is 0 Å². The molecule has 0 aromatic carbocycles. The van der Waals surface area contributed by atoms with E-state index in [1.807, 2.05) is 0 Å². The summed E-state index contributed by atoms with van der Waals surface area (Å²) in [6.45, 7) is 3.97. The Morgan fingerprint density at radius 2 is 2.33 bits per heavy atom. The van der Waals surface area contributed by atoms with Crippen LogP contribution in [0.5, 0.6) is 0 Å². The van der Waals surface area contributed by atoms with Gasteiger partial charge in [-0.15, -0.1) is 0 Å². The standard InChI is InChI=1S/C6H9IN2/c1-2-6(3-8)4-9(7)5-6/h2,4-5H2,1H3. The van der Waals surface area contributed by atoms with Crippen molar-refractivity contribution in [3.05, 3.63) is 0 Å². The molecule has 50 valence electrons. The van der Waals surface area contributed by atoms with E-state index in [0.29, 0.717) is 0 Å². The largest absolute Gasteiger partial charge is 0.244 e. The first-order valence-corrected chi connectivity index (χ1v) is 4.01. The van der Waals surface area contributed by atoms with E-state index in [1.54, 1.807) is 0 Å². The van der Waals surface area contributed by atoms with Gasteiger partial charge < -0.3 is 0 Å². The van der Waals surface area contributed by atoms with Crippen LogP contribution in [-0.4, -0.2) is 16.2 Å². The van der Waals surface area contributed by atoms with Gasteiger partial charge in [0.15, 0.2) is 0 Å². The molecule has 0 spiro atoms. The summed E-state index contributed by atoms with van der Waals surface area (Å²) in [7, 11) is 0. The van der Waals surface area contributed by atoms with Crippen LogP contribution in [0.25, 0.3) is 0 Å². The Bertz CT molecular complexity index is 144. The molecule has 1 aliphatic heterocycles. The van der Waals surface area contributed by atoms with Crippen LogP contribution in [0.4, 0.5) is 0 Å². The molecule has 1 aliphatic rings. The first-order chi connectivity index (χ1) is 4.22. The van der Waals surface area contributed by atoms with Crippen LogP contribution in [0.15, 0.2) is 0 Å². The van der Waals surface area contributed by atoms with Gasteiger partial charge in [0.2, 0.25) is 0 Å². The molecule has 0 N–H and O–H groups in total. The first-order valence-electron chi connectivity index (χ1n) is 3.04. The highest BCUT2D eigenvalue weighted by Crippen LogP contribution is 2.34. The lowest BCUT2D eigenvalue weighted by Gasteiger charge is -2.41. The molecule has 0 aliphatic carbocycles. The van der Waals surface area contributed by atoms with Crippen LogP contribution < -0.4 is 0 Å². The van der Waals surface area contributed by atoms with E-state index >= 15 is 0 Å². The lowest BCUT2D eigenvalue weighted by molar-refractivity contribution is 0.156. The van der Waals surface area contributed by atoms with Crippen LogP contribution >= 0.6 is 22.9 Å².